The molecular weight excluding hydrogens is 264 g/mol. The van der Waals surface area contributed by atoms with Gasteiger partial charge in [0, 0.05) is 12.1 Å². The van der Waals surface area contributed by atoms with Gasteiger partial charge in [0.2, 0.25) is 0 Å². The van der Waals surface area contributed by atoms with Gasteiger partial charge in [0.25, 0.3) is 5.91 Å². The molecule has 1 aliphatic heterocycles. The second-order valence-electron chi connectivity index (χ2n) is 5.35. The number of hydrogen-bond acceptors (Lipinski definition) is 3. The minimum Gasteiger partial charge on any atom is -0.468 e. The third-order valence-electron chi connectivity index (χ3n) is 3.94. The second kappa shape index (κ2) is 6.59. The number of nitrogens with one attached hydrogen (secondary N) is 1. The Morgan fingerprint density at radius 1 is 1.14 bits per heavy atom. The molecule has 4 nitrogen and oxygen atoms in total. The molecule has 1 unspecified atom stereocenters. The Balaban J connectivity index is 1.66. The van der Waals surface area contributed by atoms with E-state index in [0.29, 0.717) is 12.1 Å². The summed E-state index contributed by atoms with van der Waals surface area (Å²) in [5.74, 6) is 0.886. The first-order valence-electron chi connectivity index (χ1n) is 7.45. The van der Waals surface area contributed by atoms with Crippen LogP contribution in [0.3, 0.4) is 0 Å². The summed E-state index contributed by atoms with van der Waals surface area (Å²) in [4.78, 5) is 14.6. The van der Waals surface area contributed by atoms with Crippen molar-refractivity contribution in [1.29, 1.82) is 0 Å². The summed E-state index contributed by atoms with van der Waals surface area (Å²) in [6.45, 7) is 2.69. The third-order valence-corrected chi connectivity index (χ3v) is 3.94. The smallest absolute Gasteiger partial charge is 0.251 e. The summed E-state index contributed by atoms with van der Waals surface area (Å²) in [5.41, 5.74) is 0.692. The van der Waals surface area contributed by atoms with Crippen LogP contribution < -0.4 is 5.32 Å². The fourth-order valence-electron chi connectivity index (χ4n) is 2.82. The number of hydrogen-bond donors (Lipinski definition) is 1. The molecule has 3 rings (SSSR count). The number of likely N-dealkylation sites (tertiary alicyclic amines) is 1. The van der Waals surface area contributed by atoms with Crippen LogP contribution in [0.4, 0.5) is 0 Å². The average Bonchev–Trinajstić information content (AvgIpc) is 3.22. The van der Waals surface area contributed by atoms with E-state index in [9.17, 15) is 4.79 Å². The summed E-state index contributed by atoms with van der Waals surface area (Å²) in [6.07, 6.45) is 4.12. The van der Waals surface area contributed by atoms with Gasteiger partial charge in [-0.1, -0.05) is 18.2 Å². The van der Waals surface area contributed by atoms with Crippen LogP contribution >= 0.6 is 0 Å². The largest absolute Gasteiger partial charge is 0.468 e. The Morgan fingerprint density at radius 2 is 1.90 bits per heavy atom. The van der Waals surface area contributed by atoms with Crippen molar-refractivity contribution in [2.24, 2.45) is 0 Å². The minimum atomic E-state index is -0.0358. The average molecular weight is 284 g/mol. The molecule has 0 aliphatic carbocycles. The molecule has 1 saturated heterocycles. The molecule has 2 heterocycles. The summed E-state index contributed by atoms with van der Waals surface area (Å²) in [7, 11) is 0. The number of rotatable bonds is 5. The number of carbonyl (C=O) groups excluding carboxylic acids is 1. The Hall–Kier alpha value is -2.07. The lowest BCUT2D eigenvalue weighted by Gasteiger charge is -2.26. The summed E-state index contributed by atoms with van der Waals surface area (Å²) in [5, 5.41) is 3.02. The van der Waals surface area contributed by atoms with Gasteiger partial charge in [-0.25, -0.2) is 0 Å². The molecule has 1 aromatic carbocycles. The van der Waals surface area contributed by atoms with Crippen molar-refractivity contribution in [1.82, 2.24) is 10.2 Å². The lowest BCUT2D eigenvalue weighted by atomic mass is 10.1. The highest BCUT2D eigenvalue weighted by atomic mass is 16.3. The maximum absolute atomic E-state index is 12.2. The molecule has 0 bridgehead atoms. The van der Waals surface area contributed by atoms with Crippen LogP contribution in [-0.4, -0.2) is 30.4 Å². The fourth-order valence-corrected chi connectivity index (χ4v) is 2.82. The van der Waals surface area contributed by atoms with Crippen molar-refractivity contribution in [2.45, 2.75) is 18.9 Å². The molecule has 1 aromatic heterocycles. The molecule has 0 saturated carbocycles. The van der Waals surface area contributed by atoms with Crippen LogP contribution in [0.25, 0.3) is 0 Å². The molecule has 2 aromatic rings. The van der Waals surface area contributed by atoms with Gasteiger partial charge in [0.1, 0.15) is 5.76 Å². The zero-order valence-corrected chi connectivity index (χ0v) is 12.0. The Morgan fingerprint density at radius 3 is 2.57 bits per heavy atom. The molecule has 1 amide bonds. The van der Waals surface area contributed by atoms with E-state index in [0.717, 1.165) is 18.8 Å². The quantitative estimate of drug-likeness (QED) is 0.918. The van der Waals surface area contributed by atoms with Crippen LogP contribution in [-0.2, 0) is 0 Å². The van der Waals surface area contributed by atoms with E-state index in [1.165, 1.54) is 12.8 Å². The topological polar surface area (TPSA) is 45.5 Å². The van der Waals surface area contributed by atoms with E-state index in [4.69, 9.17) is 4.42 Å². The first-order valence-corrected chi connectivity index (χ1v) is 7.45. The molecule has 1 aliphatic rings. The van der Waals surface area contributed by atoms with Gasteiger partial charge in [-0.2, -0.15) is 0 Å². The highest BCUT2D eigenvalue weighted by Crippen LogP contribution is 2.24. The van der Waals surface area contributed by atoms with E-state index in [1.54, 1.807) is 6.26 Å². The number of carbonyl (C=O) groups is 1. The van der Waals surface area contributed by atoms with E-state index in [2.05, 4.69) is 10.2 Å². The van der Waals surface area contributed by atoms with Crippen LogP contribution in [0, 0.1) is 0 Å². The van der Waals surface area contributed by atoms with E-state index in [-0.39, 0.29) is 11.9 Å². The Labute approximate surface area is 124 Å². The molecular formula is C17H20N2O2. The molecule has 0 radical (unpaired) electrons. The molecule has 1 fully saturated rings. The van der Waals surface area contributed by atoms with E-state index >= 15 is 0 Å². The first-order chi connectivity index (χ1) is 10.3. The number of nitrogens with zero attached hydrogens (tertiary/aromatic N) is 1. The summed E-state index contributed by atoms with van der Waals surface area (Å²) >= 11 is 0. The Bertz CT molecular complexity index is 560. The number of amides is 1. The summed E-state index contributed by atoms with van der Waals surface area (Å²) < 4.78 is 5.55. The lowest BCUT2D eigenvalue weighted by molar-refractivity contribution is 0.0934. The van der Waals surface area contributed by atoms with E-state index in [1.807, 2.05) is 42.5 Å². The van der Waals surface area contributed by atoms with Gasteiger partial charge >= 0.3 is 0 Å². The standard InChI is InChI=1S/C17H20N2O2/c20-17(14-7-2-1-3-8-14)18-13-15(16-9-6-12-21-16)19-10-4-5-11-19/h1-3,6-9,12,15H,4-5,10-11,13H2,(H,18,20). The Kier molecular flexibility index (Phi) is 4.36. The summed E-state index contributed by atoms with van der Waals surface area (Å²) in [6, 6.07) is 13.3. The highest BCUT2D eigenvalue weighted by Gasteiger charge is 2.25. The monoisotopic (exact) mass is 284 g/mol. The zero-order chi connectivity index (χ0) is 14.5. The van der Waals surface area contributed by atoms with Crippen molar-refractivity contribution in [3.05, 3.63) is 60.1 Å². The van der Waals surface area contributed by atoms with Crippen LogP contribution in [0.2, 0.25) is 0 Å². The van der Waals surface area contributed by atoms with Crippen LogP contribution in [0.5, 0.6) is 0 Å². The second-order valence-corrected chi connectivity index (χ2v) is 5.35. The first kappa shape index (κ1) is 13.9. The van der Waals surface area contributed by atoms with Crippen molar-refractivity contribution in [3.63, 3.8) is 0 Å². The van der Waals surface area contributed by atoms with Gasteiger partial charge in [0.05, 0.1) is 12.3 Å². The SMILES string of the molecule is O=C(NCC(c1ccco1)N1CCCC1)c1ccccc1. The fraction of sp³-hybridized carbons (Fsp3) is 0.353. The molecule has 1 N–H and O–H groups in total. The normalized spacial score (nSPS) is 16.8. The molecule has 21 heavy (non-hydrogen) atoms. The minimum absolute atomic E-state index is 0.0358. The van der Waals surface area contributed by atoms with Crippen molar-refractivity contribution in [3.8, 4) is 0 Å². The molecule has 4 heteroatoms. The van der Waals surface area contributed by atoms with Crippen LogP contribution in [0.1, 0.15) is 35.0 Å². The molecule has 1 atom stereocenters. The van der Waals surface area contributed by atoms with Crippen molar-refractivity contribution < 1.29 is 9.21 Å². The molecule has 110 valence electrons. The maximum atomic E-state index is 12.2. The van der Waals surface area contributed by atoms with Crippen molar-refractivity contribution >= 4 is 5.91 Å². The van der Waals surface area contributed by atoms with Gasteiger partial charge < -0.3 is 9.73 Å². The number of benzene rings is 1. The van der Waals surface area contributed by atoms with Crippen molar-refractivity contribution in [2.75, 3.05) is 19.6 Å². The molecule has 0 spiro atoms. The highest BCUT2D eigenvalue weighted by molar-refractivity contribution is 5.94. The van der Waals surface area contributed by atoms with Crippen LogP contribution in [0.15, 0.2) is 53.1 Å². The van der Waals surface area contributed by atoms with E-state index < -0.39 is 0 Å². The lowest BCUT2D eigenvalue weighted by Crippen LogP contribution is -2.36. The predicted molar refractivity (Wildman–Crippen MR) is 81.0 cm³/mol. The van der Waals surface area contributed by atoms with Gasteiger partial charge in [0.15, 0.2) is 0 Å². The van der Waals surface area contributed by atoms with Gasteiger partial charge in [-0.3, -0.25) is 9.69 Å². The predicted octanol–water partition coefficient (Wildman–Crippen LogP) is 2.85. The number of furan rings is 1. The van der Waals surface area contributed by atoms with Gasteiger partial charge in [-0.15, -0.1) is 0 Å². The van der Waals surface area contributed by atoms with Gasteiger partial charge in [-0.05, 0) is 50.2 Å². The third kappa shape index (κ3) is 3.34. The maximum Gasteiger partial charge on any atom is 0.251 e. The zero-order valence-electron chi connectivity index (χ0n) is 12.0.